The number of halogens is 1. The first-order valence-corrected chi connectivity index (χ1v) is 7.11. The van der Waals surface area contributed by atoms with E-state index in [0.717, 1.165) is 18.1 Å². The Morgan fingerprint density at radius 2 is 2.17 bits per heavy atom. The number of rotatable bonds is 6. The molecule has 0 aromatic carbocycles. The predicted molar refractivity (Wildman–Crippen MR) is 77.0 cm³/mol. The first-order valence-electron chi connectivity index (χ1n) is 6.74. The fourth-order valence-electron chi connectivity index (χ4n) is 2.04. The molecule has 1 saturated carbocycles. The zero-order chi connectivity index (χ0) is 13.1. The molecule has 2 rings (SSSR count). The summed E-state index contributed by atoms with van der Waals surface area (Å²) in [7, 11) is 0. The SMILES string of the molecule is CC(C)CCN(c1ccc(Cl)c(CN)n1)C1CC1. The topological polar surface area (TPSA) is 42.1 Å². The van der Waals surface area contributed by atoms with Crippen molar-refractivity contribution in [3.63, 3.8) is 0 Å². The van der Waals surface area contributed by atoms with Crippen molar-refractivity contribution in [1.82, 2.24) is 4.98 Å². The Hall–Kier alpha value is -0.800. The Labute approximate surface area is 114 Å². The van der Waals surface area contributed by atoms with E-state index in [-0.39, 0.29) is 0 Å². The highest BCUT2D eigenvalue weighted by Gasteiger charge is 2.30. The molecule has 1 fully saturated rings. The van der Waals surface area contributed by atoms with E-state index >= 15 is 0 Å². The summed E-state index contributed by atoms with van der Waals surface area (Å²) in [5.74, 6) is 1.75. The van der Waals surface area contributed by atoms with Crippen molar-refractivity contribution in [2.45, 2.75) is 45.7 Å². The van der Waals surface area contributed by atoms with Crippen LogP contribution in [0.3, 0.4) is 0 Å². The number of pyridine rings is 1. The zero-order valence-electron chi connectivity index (χ0n) is 11.2. The van der Waals surface area contributed by atoms with E-state index in [1.807, 2.05) is 12.1 Å². The van der Waals surface area contributed by atoms with Gasteiger partial charge in [0, 0.05) is 19.1 Å². The van der Waals surface area contributed by atoms with E-state index in [1.165, 1.54) is 19.3 Å². The summed E-state index contributed by atoms with van der Waals surface area (Å²) in [5.41, 5.74) is 6.46. The van der Waals surface area contributed by atoms with Crippen LogP contribution in [0.15, 0.2) is 12.1 Å². The Morgan fingerprint density at radius 3 is 2.72 bits per heavy atom. The minimum atomic E-state index is 0.398. The van der Waals surface area contributed by atoms with E-state index in [4.69, 9.17) is 17.3 Å². The van der Waals surface area contributed by atoms with Gasteiger partial charge in [-0.1, -0.05) is 25.4 Å². The molecule has 2 N–H and O–H groups in total. The number of aromatic nitrogens is 1. The highest BCUT2D eigenvalue weighted by molar-refractivity contribution is 6.31. The largest absolute Gasteiger partial charge is 0.354 e. The second kappa shape index (κ2) is 5.89. The van der Waals surface area contributed by atoms with Crippen LogP contribution in [0.4, 0.5) is 5.82 Å². The molecule has 0 unspecified atom stereocenters. The van der Waals surface area contributed by atoms with Crippen LogP contribution in [-0.4, -0.2) is 17.6 Å². The van der Waals surface area contributed by atoms with Gasteiger partial charge in [0.2, 0.25) is 0 Å². The van der Waals surface area contributed by atoms with Gasteiger partial charge in [-0.15, -0.1) is 0 Å². The molecule has 1 heterocycles. The van der Waals surface area contributed by atoms with Crippen LogP contribution in [0.2, 0.25) is 5.02 Å². The average molecular weight is 268 g/mol. The summed E-state index contributed by atoms with van der Waals surface area (Å²) in [4.78, 5) is 7.01. The molecular formula is C14H22ClN3. The molecule has 0 atom stereocenters. The maximum atomic E-state index is 6.06. The van der Waals surface area contributed by atoms with Crippen molar-refractivity contribution < 1.29 is 0 Å². The van der Waals surface area contributed by atoms with E-state index in [2.05, 4.69) is 23.7 Å². The third kappa shape index (κ3) is 3.36. The number of hydrogen-bond donors (Lipinski definition) is 1. The molecule has 0 spiro atoms. The third-order valence-electron chi connectivity index (χ3n) is 3.33. The maximum absolute atomic E-state index is 6.06. The Bertz CT molecular complexity index is 402. The van der Waals surface area contributed by atoms with E-state index in [0.29, 0.717) is 23.5 Å². The summed E-state index contributed by atoms with van der Waals surface area (Å²) < 4.78 is 0. The van der Waals surface area contributed by atoms with Crippen LogP contribution in [-0.2, 0) is 6.54 Å². The van der Waals surface area contributed by atoms with Crippen LogP contribution >= 0.6 is 11.6 Å². The summed E-state index contributed by atoms with van der Waals surface area (Å²) >= 11 is 6.06. The lowest BCUT2D eigenvalue weighted by Crippen LogP contribution is -2.29. The van der Waals surface area contributed by atoms with Crippen molar-refractivity contribution >= 4 is 17.4 Å². The molecule has 18 heavy (non-hydrogen) atoms. The van der Waals surface area contributed by atoms with Crippen molar-refractivity contribution in [3.8, 4) is 0 Å². The van der Waals surface area contributed by atoms with Gasteiger partial charge in [0.15, 0.2) is 0 Å². The van der Waals surface area contributed by atoms with Gasteiger partial charge in [-0.05, 0) is 37.3 Å². The maximum Gasteiger partial charge on any atom is 0.129 e. The quantitative estimate of drug-likeness (QED) is 0.861. The first-order chi connectivity index (χ1) is 8.61. The molecule has 0 amide bonds. The first kappa shape index (κ1) is 13.6. The van der Waals surface area contributed by atoms with Gasteiger partial charge in [0.05, 0.1) is 10.7 Å². The van der Waals surface area contributed by atoms with Gasteiger partial charge >= 0.3 is 0 Å². The molecule has 1 aliphatic rings. The molecule has 1 aromatic heterocycles. The Morgan fingerprint density at radius 1 is 1.44 bits per heavy atom. The zero-order valence-corrected chi connectivity index (χ0v) is 12.0. The lowest BCUT2D eigenvalue weighted by atomic mass is 10.1. The van der Waals surface area contributed by atoms with E-state index in [1.54, 1.807) is 0 Å². The van der Waals surface area contributed by atoms with Crippen LogP contribution in [0.1, 0.15) is 38.8 Å². The van der Waals surface area contributed by atoms with Crippen molar-refractivity contribution in [2.24, 2.45) is 11.7 Å². The monoisotopic (exact) mass is 267 g/mol. The summed E-state index contributed by atoms with van der Waals surface area (Å²) in [6.45, 7) is 5.98. The highest BCUT2D eigenvalue weighted by Crippen LogP contribution is 2.32. The lowest BCUT2D eigenvalue weighted by molar-refractivity contribution is 0.568. The van der Waals surface area contributed by atoms with Gasteiger partial charge in [-0.3, -0.25) is 0 Å². The normalized spacial score (nSPS) is 15.2. The predicted octanol–water partition coefficient (Wildman–Crippen LogP) is 3.21. The molecule has 0 radical (unpaired) electrons. The number of nitrogens with two attached hydrogens (primary N) is 1. The molecule has 4 heteroatoms. The van der Waals surface area contributed by atoms with E-state index < -0.39 is 0 Å². The van der Waals surface area contributed by atoms with Crippen molar-refractivity contribution in [2.75, 3.05) is 11.4 Å². The van der Waals surface area contributed by atoms with Gasteiger partial charge in [0.1, 0.15) is 5.82 Å². The second-order valence-electron chi connectivity index (χ2n) is 5.41. The fraction of sp³-hybridized carbons (Fsp3) is 0.643. The summed E-state index contributed by atoms with van der Waals surface area (Å²) in [6.07, 6.45) is 3.75. The Kier molecular flexibility index (Phi) is 4.46. The molecule has 0 saturated heterocycles. The van der Waals surface area contributed by atoms with Gasteiger partial charge in [-0.2, -0.15) is 0 Å². The molecule has 100 valence electrons. The van der Waals surface area contributed by atoms with Gasteiger partial charge in [-0.25, -0.2) is 4.98 Å². The highest BCUT2D eigenvalue weighted by atomic mass is 35.5. The molecule has 0 bridgehead atoms. The minimum absolute atomic E-state index is 0.398. The van der Waals surface area contributed by atoms with Crippen LogP contribution < -0.4 is 10.6 Å². The molecular weight excluding hydrogens is 246 g/mol. The molecule has 1 aliphatic carbocycles. The Balaban J connectivity index is 2.14. The van der Waals surface area contributed by atoms with Crippen LogP contribution in [0, 0.1) is 5.92 Å². The third-order valence-corrected chi connectivity index (χ3v) is 3.67. The fourth-order valence-corrected chi connectivity index (χ4v) is 2.23. The lowest BCUT2D eigenvalue weighted by Gasteiger charge is -2.25. The number of hydrogen-bond acceptors (Lipinski definition) is 3. The summed E-state index contributed by atoms with van der Waals surface area (Å²) in [6, 6.07) is 4.60. The average Bonchev–Trinajstić information content (AvgIpc) is 3.15. The van der Waals surface area contributed by atoms with Crippen molar-refractivity contribution in [1.29, 1.82) is 0 Å². The van der Waals surface area contributed by atoms with Crippen LogP contribution in [0.5, 0.6) is 0 Å². The summed E-state index contributed by atoms with van der Waals surface area (Å²) in [5, 5.41) is 0.667. The standard InChI is InChI=1S/C14H22ClN3/c1-10(2)7-8-18(11-3-4-11)14-6-5-12(15)13(9-16)17-14/h5-6,10-11H,3-4,7-9,16H2,1-2H3. The minimum Gasteiger partial charge on any atom is -0.354 e. The van der Waals surface area contributed by atoms with Gasteiger partial charge < -0.3 is 10.6 Å². The second-order valence-corrected chi connectivity index (χ2v) is 5.82. The smallest absolute Gasteiger partial charge is 0.129 e. The number of anilines is 1. The molecule has 0 aliphatic heterocycles. The van der Waals surface area contributed by atoms with E-state index in [9.17, 15) is 0 Å². The number of nitrogens with zero attached hydrogens (tertiary/aromatic N) is 2. The van der Waals surface area contributed by atoms with Crippen LogP contribution in [0.25, 0.3) is 0 Å². The molecule has 3 nitrogen and oxygen atoms in total. The van der Waals surface area contributed by atoms with Gasteiger partial charge in [0.25, 0.3) is 0 Å². The van der Waals surface area contributed by atoms with Crippen molar-refractivity contribution in [3.05, 3.63) is 22.8 Å². The molecule has 1 aromatic rings.